The summed E-state index contributed by atoms with van der Waals surface area (Å²) in [6.07, 6.45) is 6.69. The molecule has 1 saturated heterocycles. The Hall–Kier alpha value is -12.8. The summed E-state index contributed by atoms with van der Waals surface area (Å²) in [5, 5.41) is 39.1. The summed E-state index contributed by atoms with van der Waals surface area (Å²) in [5.41, 5.74) is 14.7. The van der Waals surface area contributed by atoms with Gasteiger partial charge in [-0.1, -0.05) is 141 Å². The van der Waals surface area contributed by atoms with Gasteiger partial charge in [-0.05, 0) is 92.5 Å². The fraction of sp³-hybridized carbons (Fsp3) is 0.533. The number of primary amides is 2. The molecule has 130 heavy (non-hydrogen) atoms. The molecular formula is C90H129N21O18S. The Morgan fingerprint density at radius 2 is 1.01 bits per heavy atom. The molecule has 12 atom stereocenters. The van der Waals surface area contributed by atoms with Crippen molar-refractivity contribution < 1.29 is 86.6 Å². The normalized spacial score (nSPS) is 22.8. The summed E-state index contributed by atoms with van der Waals surface area (Å²) >= 11 is 0.837. The van der Waals surface area contributed by atoms with Crippen molar-refractivity contribution in [1.29, 1.82) is 0 Å². The van der Waals surface area contributed by atoms with Gasteiger partial charge in [0.1, 0.15) is 72.5 Å². The molecule has 3 aromatic carbocycles. The van der Waals surface area contributed by atoms with Crippen LogP contribution in [0.5, 0.6) is 0 Å². The number of rotatable bonds is 27. The molecule has 3 aromatic heterocycles. The number of benzene rings is 3. The Bertz CT molecular complexity index is 4890. The van der Waals surface area contributed by atoms with Gasteiger partial charge in [0, 0.05) is 106 Å². The first-order valence-corrected chi connectivity index (χ1v) is 45.2. The molecule has 4 heterocycles. The van der Waals surface area contributed by atoms with E-state index in [0.29, 0.717) is 64.3 Å². The maximum atomic E-state index is 15.7. The average Bonchev–Trinajstić information content (AvgIpc) is 1.57. The molecule has 17 amide bonds. The number of aliphatic hydroxyl groups excluding tert-OH is 1. The summed E-state index contributed by atoms with van der Waals surface area (Å²) < 4.78 is 0. The molecular weight excluding hydrogens is 1700 g/mol. The quantitative estimate of drug-likeness (QED) is 0.0329. The number of hydrogen-bond donors (Lipinski definition) is 16. The summed E-state index contributed by atoms with van der Waals surface area (Å²) in [6, 6.07) is 5.23. The van der Waals surface area contributed by atoms with Gasteiger partial charge in [-0.3, -0.25) is 81.5 Å². The van der Waals surface area contributed by atoms with E-state index in [4.69, 9.17) is 11.5 Å². The second-order valence-electron chi connectivity index (χ2n) is 33.8. The lowest BCUT2D eigenvalue weighted by Gasteiger charge is -2.36. The first kappa shape index (κ1) is 104. The predicted octanol–water partition coefficient (Wildman–Crippen LogP) is 0.283. The minimum atomic E-state index is -1.83. The molecule has 0 aliphatic carbocycles. The molecule has 0 saturated carbocycles. The Morgan fingerprint density at radius 3 is 1.58 bits per heavy atom. The summed E-state index contributed by atoms with van der Waals surface area (Å²) in [5.74, 6) is -16.6. The van der Waals surface area contributed by atoms with Crippen LogP contribution in [0.4, 0.5) is 0 Å². The number of aromatic nitrogens is 4. The maximum Gasteiger partial charge on any atom is 0.246 e. The first-order valence-electron chi connectivity index (χ1n) is 44.0. The highest BCUT2D eigenvalue weighted by Gasteiger charge is 2.42. The Labute approximate surface area is 760 Å². The number of unbranched alkanes of at least 4 members (excludes halogenated alkanes) is 2. The van der Waals surface area contributed by atoms with Crippen molar-refractivity contribution >= 4 is 134 Å². The van der Waals surface area contributed by atoms with E-state index < -0.39 is 211 Å². The molecule has 1 aliphatic heterocycles. The number of imidazole rings is 1. The number of H-pyrrole nitrogens is 3. The van der Waals surface area contributed by atoms with Crippen LogP contribution in [0.2, 0.25) is 0 Å². The van der Waals surface area contributed by atoms with E-state index in [1.165, 1.54) is 57.4 Å². The number of carbonyl (C=O) groups excluding carboxylic acids is 17. The minimum absolute atomic E-state index is 0.0231. The molecule has 0 unspecified atom stereocenters. The van der Waals surface area contributed by atoms with Gasteiger partial charge in [-0.2, -0.15) is 0 Å². The van der Waals surface area contributed by atoms with E-state index in [2.05, 4.69) is 73.1 Å². The molecule has 1 aliphatic rings. The zero-order valence-electron chi connectivity index (χ0n) is 76.1. The number of thioether (sulfide) groups is 1. The smallest absolute Gasteiger partial charge is 0.246 e. The van der Waals surface area contributed by atoms with Gasteiger partial charge in [0.05, 0.1) is 44.7 Å². The molecule has 40 heteroatoms. The standard InChI is InChI=1S/C90H129N21O18S/c1-13-16-31-72-85(124)101-64(36-52(4)5)81(120)106-71(80(119)96-45-75(92)114)49-130-50-78(117)98-63(34-33-55-25-19-18-20-26-55)87(126)108(10)54(8)79(118)102-69(41-74(91)113)89(128)111(35-15-3)47-77(116)100-66(40-58-44-93-51-97-58)83(122)103-67(37-53(6)7)86(125)107(9)46-76(115)99-65(38-56-42-94-61-29-23-21-27-59(56)61)82(121)105-70(48-112)84(123)104-68(39-57-43-95-62-30-24-22-28-60(57)62)88(127)110(12)73(32-17-14-2)90(129)109(72)11/h18-30,42-44,51-54,63-73,94-95,112H,13-17,31-41,45-50H2,1-12H3,(H2,91,113)(H2,92,114)(H,93,97)(H,96,119)(H,98,117)(H,99,115)(H,100,116)(H,101,124)(H,102,118)(H,103,122)(H,104,123)(H,105,121)(H,106,120)/t54-,63-,64-,65-,66-,67-,68-,69-,70-,71-,72-,73-/m0/s1. The van der Waals surface area contributed by atoms with Crippen LogP contribution < -0.4 is 64.6 Å². The van der Waals surface area contributed by atoms with Crippen molar-refractivity contribution in [2.45, 2.75) is 224 Å². The lowest BCUT2D eigenvalue weighted by atomic mass is 9.99. The zero-order valence-corrected chi connectivity index (χ0v) is 76.9. The summed E-state index contributed by atoms with van der Waals surface area (Å²) in [6.45, 7) is 10.4. The second-order valence-corrected chi connectivity index (χ2v) is 34.8. The number of hydrogen-bond acceptors (Lipinski definition) is 20. The Kier molecular flexibility index (Phi) is 41.3. The predicted molar refractivity (Wildman–Crippen MR) is 487 cm³/mol. The van der Waals surface area contributed by atoms with Crippen molar-refractivity contribution in [3.63, 3.8) is 0 Å². The molecule has 0 bridgehead atoms. The van der Waals surface area contributed by atoms with Crippen LogP contribution in [0.25, 0.3) is 21.8 Å². The fourth-order valence-electron chi connectivity index (χ4n) is 15.3. The van der Waals surface area contributed by atoms with Gasteiger partial charge in [0.15, 0.2) is 0 Å². The van der Waals surface area contributed by atoms with Gasteiger partial charge in [0.25, 0.3) is 0 Å². The third kappa shape index (κ3) is 31.3. The summed E-state index contributed by atoms with van der Waals surface area (Å²) in [4.78, 5) is 266. The second kappa shape index (κ2) is 51.4. The van der Waals surface area contributed by atoms with E-state index in [-0.39, 0.29) is 88.3 Å². The van der Waals surface area contributed by atoms with E-state index in [1.54, 1.807) is 126 Å². The maximum absolute atomic E-state index is 15.7. The van der Waals surface area contributed by atoms with Crippen LogP contribution >= 0.6 is 11.8 Å². The van der Waals surface area contributed by atoms with Crippen molar-refractivity contribution in [3.05, 3.63) is 126 Å². The fourth-order valence-corrected chi connectivity index (χ4v) is 16.1. The highest BCUT2D eigenvalue weighted by Crippen LogP contribution is 2.25. The van der Waals surface area contributed by atoms with Crippen molar-refractivity contribution in [2.24, 2.45) is 23.3 Å². The van der Waals surface area contributed by atoms with Crippen LogP contribution in [-0.2, 0) is 107 Å². The van der Waals surface area contributed by atoms with Gasteiger partial charge in [0.2, 0.25) is 100 Å². The van der Waals surface area contributed by atoms with Crippen LogP contribution in [0.3, 0.4) is 0 Å². The number of nitrogens with one attached hydrogen (secondary N) is 13. The van der Waals surface area contributed by atoms with E-state index >= 15 is 24.0 Å². The van der Waals surface area contributed by atoms with Gasteiger partial charge in [-0.25, -0.2) is 4.98 Å². The lowest BCUT2D eigenvalue weighted by Crippen LogP contribution is -2.61. The van der Waals surface area contributed by atoms with Gasteiger partial charge < -0.3 is 109 Å². The molecule has 7 rings (SSSR count). The van der Waals surface area contributed by atoms with E-state index in [1.807, 2.05) is 13.8 Å². The first-order chi connectivity index (χ1) is 61.9. The van der Waals surface area contributed by atoms with Crippen molar-refractivity contribution in [2.75, 3.05) is 72.5 Å². The molecule has 0 spiro atoms. The summed E-state index contributed by atoms with van der Waals surface area (Å²) in [7, 11) is 5.32. The number of para-hydroxylation sites is 2. The highest BCUT2D eigenvalue weighted by molar-refractivity contribution is 8.00. The average molecular weight is 1830 g/mol. The molecule has 708 valence electrons. The van der Waals surface area contributed by atoms with Gasteiger partial charge in [-0.15, -0.1) is 11.8 Å². The van der Waals surface area contributed by atoms with Gasteiger partial charge >= 0.3 is 0 Å². The van der Waals surface area contributed by atoms with Crippen LogP contribution in [-0.4, -0.2) is 295 Å². The number of aryl methyl sites for hydroxylation is 1. The molecule has 6 aromatic rings. The number of likely N-dealkylation sites (N-methyl/N-ethyl adjacent to an activating group) is 4. The number of nitrogens with zero attached hydrogens (tertiary/aromatic N) is 6. The number of aliphatic hydroxyl groups is 1. The Balaban J connectivity index is 1.29. The van der Waals surface area contributed by atoms with E-state index in [9.17, 15) is 62.6 Å². The topological polar surface area (TPSA) is 559 Å². The number of amides is 17. The monoisotopic (exact) mass is 1820 g/mol. The molecule has 39 nitrogen and oxygen atoms in total. The minimum Gasteiger partial charge on any atom is -0.394 e. The zero-order chi connectivity index (χ0) is 95.6. The van der Waals surface area contributed by atoms with Crippen LogP contribution in [0, 0.1) is 11.8 Å². The van der Waals surface area contributed by atoms with Crippen LogP contribution in [0.15, 0.2) is 104 Å². The van der Waals surface area contributed by atoms with E-state index in [0.717, 1.165) is 32.0 Å². The third-order valence-corrected chi connectivity index (χ3v) is 23.5. The largest absolute Gasteiger partial charge is 0.394 e. The van der Waals surface area contributed by atoms with Crippen molar-refractivity contribution in [3.8, 4) is 0 Å². The molecule has 1 fully saturated rings. The third-order valence-electron chi connectivity index (χ3n) is 22.5. The lowest BCUT2D eigenvalue weighted by molar-refractivity contribution is -0.149. The Morgan fingerprint density at radius 1 is 0.500 bits per heavy atom. The molecule has 18 N–H and O–H groups in total. The number of aromatic amines is 3. The molecule has 0 radical (unpaired) electrons. The van der Waals surface area contributed by atoms with Crippen molar-refractivity contribution in [1.82, 2.24) is 97.6 Å². The van der Waals surface area contributed by atoms with Crippen LogP contribution in [0.1, 0.15) is 148 Å². The number of nitrogens with two attached hydrogens (primary N) is 2. The number of fused-ring (bicyclic) bond motifs is 2. The number of carbonyl (C=O) groups is 17. The highest BCUT2D eigenvalue weighted by atomic mass is 32.2. The SMILES string of the molecule is CCCC[C@H]1C(=O)N(C)[C@@H](CCCC)C(=O)N[C@@H](CC(C)C)C(=O)N[C@H](C(=O)NCC(N)=O)CSCC(=O)N[C@@H](CCc2ccccc2)C(=O)N(C)[C@@H](C)C(=O)N[C@@H](CC(N)=O)C(=O)N(CCC)CC(=O)N[C@@H](Cc2cnc[nH]2)C(=O)N[C@@H](CC(C)C)C(=O)N(C)CC(=O)N[C@@H](Cc2c[nH]c3ccccc23)C(=O)N[C@@H](CO)C(=O)N[C@@H](Cc2c[nH]c3ccccc23)C(=O)N1C.